The molecular weight excluding hydrogens is 261 g/mol. The molecule has 0 saturated carbocycles. The van der Waals surface area contributed by atoms with Gasteiger partial charge in [-0.25, -0.2) is 9.18 Å². The van der Waals surface area contributed by atoms with Gasteiger partial charge < -0.3 is 5.11 Å². The van der Waals surface area contributed by atoms with Gasteiger partial charge in [0.1, 0.15) is 5.82 Å². The van der Waals surface area contributed by atoms with Crippen LogP contribution in [0, 0.1) is 15.9 Å². The van der Waals surface area contributed by atoms with Crippen LogP contribution in [-0.4, -0.2) is 16.0 Å². The molecule has 0 aliphatic rings. The summed E-state index contributed by atoms with van der Waals surface area (Å²) >= 11 is 2.69. The Bertz CT molecular complexity index is 420. The van der Waals surface area contributed by atoms with Gasteiger partial charge in [0.2, 0.25) is 0 Å². The van der Waals surface area contributed by atoms with Gasteiger partial charge in [-0.15, -0.1) is 0 Å². The molecule has 7 heteroatoms. The van der Waals surface area contributed by atoms with Crippen molar-refractivity contribution >= 4 is 27.6 Å². The standard InChI is InChI=1S/C7H3BrFNO4/c8-6-4(7(11)12)1-3(10(13)14)2-5(6)9/h1-2H,(H,11,12). The maximum absolute atomic E-state index is 12.9. The van der Waals surface area contributed by atoms with Crippen LogP contribution in [0.15, 0.2) is 16.6 Å². The second kappa shape index (κ2) is 3.70. The Morgan fingerprint density at radius 1 is 1.57 bits per heavy atom. The number of nitrogens with zero attached hydrogens (tertiary/aromatic N) is 1. The van der Waals surface area contributed by atoms with Crippen LogP contribution in [0.1, 0.15) is 10.4 Å². The number of halogens is 2. The summed E-state index contributed by atoms with van der Waals surface area (Å²) in [7, 11) is 0. The summed E-state index contributed by atoms with van der Waals surface area (Å²) in [5.74, 6) is -2.41. The lowest BCUT2D eigenvalue weighted by atomic mass is 10.2. The van der Waals surface area contributed by atoms with Crippen molar-refractivity contribution in [2.75, 3.05) is 0 Å². The number of nitro groups is 1. The number of rotatable bonds is 2. The van der Waals surface area contributed by atoms with E-state index in [0.717, 1.165) is 6.07 Å². The minimum Gasteiger partial charge on any atom is -0.478 e. The van der Waals surface area contributed by atoms with Gasteiger partial charge in [0.25, 0.3) is 5.69 Å². The zero-order chi connectivity index (χ0) is 10.9. The van der Waals surface area contributed by atoms with Crippen LogP contribution in [0.25, 0.3) is 0 Å². The minimum atomic E-state index is -1.43. The molecule has 0 amide bonds. The molecule has 0 unspecified atom stereocenters. The average Bonchev–Trinajstić information content (AvgIpc) is 2.08. The molecule has 14 heavy (non-hydrogen) atoms. The molecule has 5 nitrogen and oxygen atoms in total. The summed E-state index contributed by atoms with van der Waals surface area (Å²) in [6.07, 6.45) is 0. The van der Waals surface area contributed by atoms with E-state index in [1.165, 1.54) is 0 Å². The summed E-state index contributed by atoms with van der Waals surface area (Å²) in [5.41, 5.74) is -1.07. The molecule has 1 N–H and O–H groups in total. The topological polar surface area (TPSA) is 80.4 Å². The van der Waals surface area contributed by atoms with Crippen LogP contribution in [0.3, 0.4) is 0 Å². The zero-order valence-electron chi connectivity index (χ0n) is 6.53. The second-order valence-corrected chi connectivity index (χ2v) is 3.14. The Kier molecular flexibility index (Phi) is 2.80. The minimum absolute atomic E-state index is 0.296. The van der Waals surface area contributed by atoms with Crippen LogP contribution >= 0.6 is 15.9 Å². The highest BCUT2D eigenvalue weighted by molar-refractivity contribution is 9.10. The van der Waals surface area contributed by atoms with Gasteiger partial charge in [0.05, 0.1) is 21.0 Å². The van der Waals surface area contributed by atoms with Crippen molar-refractivity contribution in [3.8, 4) is 0 Å². The lowest BCUT2D eigenvalue weighted by molar-refractivity contribution is -0.385. The fourth-order valence-electron chi connectivity index (χ4n) is 0.836. The zero-order valence-corrected chi connectivity index (χ0v) is 8.12. The maximum atomic E-state index is 12.9. The summed E-state index contributed by atoms with van der Waals surface area (Å²) in [4.78, 5) is 19.9. The van der Waals surface area contributed by atoms with Crippen molar-refractivity contribution in [3.63, 3.8) is 0 Å². The summed E-state index contributed by atoms with van der Waals surface area (Å²) in [6.45, 7) is 0. The van der Waals surface area contributed by atoms with Gasteiger partial charge in [-0.2, -0.15) is 0 Å². The molecule has 0 fully saturated rings. The summed E-state index contributed by atoms with van der Waals surface area (Å²) in [6, 6.07) is 1.44. The number of carbonyl (C=O) groups is 1. The van der Waals surface area contributed by atoms with E-state index in [4.69, 9.17) is 5.11 Å². The van der Waals surface area contributed by atoms with E-state index in [2.05, 4.69) is 15.9 Å². The fraction of sp³-hybridized carbons (Fsp3) is 0. The van der Waals surface area contributed by atoms with Crippen molar-refractivity contribution in [1.29, 1.82) is 0 Å². The Morgan fingerprint density at radius 3 is 2.57 bits per heavy atom. The van der Waals surface area contributed by atoms with E-state index < -0.39 is 28.0 Å². The quantitative estimate of drug-likeness (QED) is 0.655. The number of benzene rings is 1. The van der Waals surface area contributed by atoms with Gasteiger partial charge in [-0.3, -0.25) is 10.1 Å². The molecule has 0 spiro atoms. The van der Waals surface area contributed by atoms with Crippen LogP contribution in [0.5, 0.6) is 0 Å². The van der Waals surface area contributed by atoms with Gasteiger partial charge in [-0.1, -0.05) is 0 Å². The van der Waals surface area contributed by atoms with Crippen molar-refractivity contribution in [1.82, 2.24) is 0 Å². The third-order valence-electron chi connectivity index (χ3n) is 1.45. The number of nitro benzene ring substituents is 1. The van der Waals surface area contributed by atoms with Crippen molar-refractivity contribution in [2.45, 2.75) is 0 Å². The van der Waals surface area contributed by atoms with Gasteiger partial charge >= 0.3 is 5.97 Å². The second-order valence-electron chi connectivity index (χ2n) is 2.35. The average molecular weight is 264 g/mol. The summed E-state index contributed by atoms with van der Waals surface area (Å²) < 4.78 is 12.6. The lowest BCUT2D eigenvalue weighted by Crippen LogP contribution is -2.01. The first-order valence-corrected chi connectivity index (χ1v) is 4.09. The monoisotopic (exact) mass is 263 g/mol. The summed E-state index contributed by atoms with van der Waals surface area (Å²) in [5, 5.41) is 18.8. The molecule has 0 radical (unpaired) electrons. The molecule has 1 rings (SSSR count). The van der Waals surface area contributed by atoms with Gasteiger partial charge in [0.15, 0.2) is 0 Å². The molecule has 0 bridgehead atoms. The fourth-order valence-corrected chi connectivity index (χ4v) is 1.23. The first kappa shape index (κ1) is 10.6. The van der Waals surface area contributed by atoms with Gasteiger partial charge in [-0.05, 0) is 15.9 Å². The molecule has 0 aliphatic heterocycles. The van der Waals surface area contributed by atoms with Gasteiger partial charge in [0, 0.05) is 6.07 Å². The van der Waals surface area contributed by atoms with Crippen LogP contribution in [0.4, 0.5) is 10.1 Å². The molecule has 0 saturated heterocycles. The lowest BCUT2D eigenvalue weighted by Gasteiger charge is -2.00. The third kappa shape index (κ3) is 1.87. The highest BCUT2D eigenvalue weighted by Gasteiger charge is 2.19. The molecule has 1 aromatic carbocycles. The van der Waals surface area contributed by atoms with Crippen molar-refractivity contribution < 1.29 is 19.2 Å². The number of carboxylic acids is 1. The number of non-ortho nitro benzene ring substituents is 1. The largest absolute Gasteiger partial charge is 0.478 e. The molecule has 0 aliphatic carbocycles. The molecule has 0 aromatic heterocycles. The van der Waals surface area contributed by atoms with Crippen molar-refractivity contribution in [2.24, 2.45) is 0 Å². The van der Waals surface area contributed by atoms with E-state index >= 15 is 0 Å². The van der Waals surface area contributed by atoms with Crippen molar-refractivity contribution in [3.05, 3.63) is 38.1 Å². The Balaban J connectivity index is 3.43. The smallest absolute Gasteiger partial charge is 0.337 e. The first-order chi connectivity index (χ1) is 6.43. The number of aromatic carboxylic acids is 1. The molecule has 74 valence electrons. The van der Waals surface area contributed by atoms with E-state index in [9.17, 15) is 19.3 Å². The van der Waals surface area contributed by atoms with E-state index in [1.54, 1.807) is 0 Å². The number of hydrogen-bond donors (Lipinski definition) is 1. The van der Waals surface area contributed by atoms with Crippen LogP contribution < -0.4 is 0 Å². The Hall–Kier alpha value is -1.50. The molecule has 0 atom stereocenters. The molecular formula is C7H3BrFNO4. The van der Waals surface area contributed by atoms with Crippen LogP contribution in [0.2, 0.25) is 0 Å². The third-order valence-corrected chi connectivity index (χ3v) is 2.26. The normalized spacial score (nSPS) is 9.86. The Morgan fingerprint density at radius 2 is 2.14 bits per heavy atom. The number of hydrogen-bond acceptors (Lipinski definition) is 3. The van der Waals surface area contributed by atoms with E-state index in [0.29, 0.717) is 6.07 Å². The highest BCUT2D eigenvalue weighted by Crippen LogP contribution is 2.26. The SMILES string of the molecule is O=C(O)c1cc([N+](=O)[O-])cc(F)c1Br. The molecule has 0 heterocycles. The predicted octanol–water partition coefficient (Wildman–Crippen LogP) is 2.19. The van der Waals surface area contributed by atoms with Crippen LogP contribution in [-0.2, 0) is 0 Å². The number of carboxylic acid groups (broad SMARTS) is 1. The first-order valence-electron chi connectivity index (χ1n) is 3.30. The molecule has 1 aromatic rings. The maximum Gasteiger partial charge on any atom is 0.337 e. The Labute approximate surface area is 85.4 Å². The van der Waals surface area contributed by atoms with E-state index in [1.807, 2.05) is 0 Å². The highest BCUT2D eigenvalue weighted by atomic mass is 79.9. The predicted molar refractivity (Wildman–Crippen MR) is 47.7 cm³/mol. The van der Waals surface area contributed by atoms with E-state index in [-0.39, 0.29) is 4.47 Å².